The average Bonchev–Trinajstić information content (AvgIpc) is 3.49. The molecule has 2 heterocycles. The summed E-state index contributed by atoms with van der Waals surface area (Å²) in [4.78, 5) is 28.6. The first-order chi connectivity index (χ1) is 19.9. The van der Waals surface area contributed by atoms with E-state index in [0.29, 0.717) is 48.6 Å². The Kier molecular flexibility index (Phi) is 8.62. The molecule has 7 heteroatoms. The maximum Gasteiger partial charge on any atom is 0.295 e. The van der Waals surface area contributed by atoms with Crippen LogP contribution < -0.4 is 14.2 Å². The second kappa shape index (κ2) is 12.5. The van der Waals surface area contributed by atoms with Gasteiger partial charge < -0.3 is 24.2 Å². The number of aliphatic hydroxyl groups is 1. The standard InChI is InChI=1S/C34H37NO6/c1-4-5-9-18-40-28-15-12-24(21-29(28)39-3)31-30(32(36)25-13-14-27-26(20-25)19-22(2)41-27)33(37)34(38)35(31)17-16-23-10-7-6-8-11-23/h6-8,10-15,20-22,31,36H,4-5,9,16-19H2,1-3H3/t22-,31+/m0/s1. The molecule has 0 spiro atoms. The number of carbonyl (C=O) groups is 2. The van der Waals surface area contributed by atoms with Gasteiger partial charge in [-0.25, -0.2) is 0 Å². The van der Waals surface area contributed by atoms with Crippen molar-refractivity contribution < 1.29 is 28.9 Å². The van der Waals surface area contributed by atoms with Gasteiger partial charge in [-0.3, -0.25) is 9.59 Å². The molecule has 1 amide bonds. The van der Waals surface area contributed by atoms with E-state index < -0.39 is 17.7 Å². The number of nitrogens with zero attached hydrogens (tertiary/aromatic N) is 1. The number of amides is 1. The Hall–Kier alpha value is -4.26. The molecule has 0 unspecified atom stereocenters. The first-order valence-electron chi connectivity index (χ1n) is 14.3. The van der Waals surface area contributed by atoms with Crippen LogP contribution in [0.4, 0.5) is 0 Å². The molecular weight excluding hydrogens is 518 g/mol. The normalized spacial score (nSPS) is 19.2. The van der Waals surface area contributed by atoms with Gasteiger partial charge in [-0.1, -0.05) is 56.2 Å². The van der Waals surface area contributed by atoms with E-state index in [9.17, 15) is 14.7 Å². The van der Waals surface area contributed by atoms with Crippen LogP contribution in [0.1, 0.15) is 61.4 Å². The molecule has 2 aliphatic heterocycles. The molecule has 7 nitrogen and oxygen atoms in total. The summed E-state index contributed by atoms with van der Waals surface area (Å²) in [5.74, 6) is 0.344. The van der Waals surface area contributed by atoms with Crippen LogP contribution in [0.2, 0.25) is 0 Å². The second-order valence-corrected chi connectivity index (χ2v) is 10.6. The molecule has 0 aromatic heterocycles. The molecule has 0 aliphatic carbocycles. The second-order valence-electron chi connectivity index (χ2n) is 10.6. The van der Waals surface area contributed by atoms with Crippen LogP contribution in [0.15, 0.2) is 72.3 Å². The van der Waals surface area contributed by atoms with Gasteiger partial charge in [0.15, 0.2) is 11.5 Å². The molecule has 1 fully saturated rings. The summed E-state index contributed by atoms with van der Waals surface area (Å²) in [5, 5.41) is 11.6. The molecule has 1 N–H and O–H groups in total. The number of carbonyl (C=O) groups excluding carboxylic acids is 2. The molecular formula is C34H37NO6. The van der Waals surface area contributed by atoms with E-state index in [0.717, 1.165) is 36.1 Å². The number of methoxy groups -OCH3 is 1. The van der Waals surface area contributed by atoms with Crippen LogP contribution in [0.25, 0.3) is 5.76 Å². The fourth-order valence-corrected chi connectivity index (χ4v) is 5.58. The van der Waals surface area contributed by atoms with Gasteiger partial charge in [0.2, 0.25) is 0 Å². The minimum absolute atomic E-state index is 0.0427. The van der Waals surface area contributed by atoms with E-state index >= 15 is 0 Å². The molecule has 0 saturated carbocycles. The van der Waals surface area contributed by atoms with E-state index in [2.05, 4.69) is 6.92 Å². The molecule has 3 aromatic rings. The molecule has 2 aliphatic rings. The Labute approximate surface area is 241 Å². The van der Waals surface area contributed by atoms with Crippen molar-refractivity contribution in [2.75, 3.05) is 20.3 Å². The van der Waals surface area contributed by atoms with Crippen molar-refractivity contribution in [3.8, 4) is 17.2 Å². The lowest BCUT2D eigenvalue weighted by Crippen LogP contribution is -2.31. The van der Waals surface area contributed by atoms with Crippen molar-refractivity contribution in [1.29, 1.82) is 0 Å². The number of rotatable bonds is 11. The van der Waals surface area contributed by atoms with Gasteiger partial charge in [0.25, 0.3) is 11.7 Å². The third kappa shape index (κ3) is 5.94. The van der Waals surface area contributed by atoms with E-state index in [1.54, 1.807) is 24.1 Å². The molecule has 214 valence electrons. The SMILES string of the molecule is CCCCCOc1ccc([C@@H]2C(=C(O)c3ccc4c(c3)C[C@H](C)O4)C(=O)C(=O)N2CCc2ccccc2)cc1OC. The number of hydrogen-bond acceptors (Lipinski definition) is 6. The lowest BCUT2D eigenvalue weighted by atomic mass is 9.94. The van der Waals surface area contributed by atoms with Gasteiger partial charge in [-0.05, 0) is 66.8 Å². The number of benzene rings is 3. The highest BCUT2D eigenvalue weighted by Gasteiger charge is 2.46. The summed E-state index contributed by atoms with van der Waals surface area (Å²) < 4.78 is 17.4. The molecule has 0 radical (unpaired) electrons. The van der Waals surface area contributed by atoms with Gasteiger partial charge >= 0.3 is 0 Å². The Morgan fingerprint density at radius 3 is 2.59 bits per heavy atom. The van der Waals surface area contributed by atoms with Gasteiger partial charge in [-0.15, -0.1) is 0 Å². The minimum Gasteiger partial charge on any atom is -0.507 e. The lowest BCUT2D eigenvalue weighted by molar-refractivity contribution is -0.139. The van der Waals surface area contributed by atoms with Gasteiger partial charge in [-0.2, -0.15) is 0 Å². The van der Waals surface area contributed by atoms with E-state index in [-0.39, 0.29) is 17.4 Å². The van der Waals surface area contributed by atoms with Crippen LogP contribution in [0.3, 0.4) is 0 Å². The largest absolute Gasteiger partial charge is 0.507 e. The quantitative estimate of drug-likeness (QED) is 0.130. The van der Waals surface area contributed by atoms with Gasteiger partial charge in [0.05, 0.1) is 25.3 Å². The van der Waals surface area contributed by atoms with Crippen molar-refractivity contribution in [2.24, 2.45) is 0 Å². The highest BCUT2D eigenvalue weighted by molar-refractivity contribution is 6.46. The summed E-state index contributed by atoms with van der Waals surface area (Å²) in [6, 6.07) is 19.9. The first-order valence-corrected chi connectivity index (χ1v) is 14.3. The fraction of sp³-hybridized carbons (Fsp3) is 0.353. The van der Waals surface area contributed by atoms with Crippen LogP contribution in [0, 0.1) is 0 Å². The molecule has 1 saturated heterocycles. The minimum atomic E-state index is -0.787. The molecule has 5 rings (SSSR count). The number of hydrogen-bond donors (Lipinski definition) is 1. The number of ketones is 1. The molecule has 2 atom stereocenters. The predicted octanol–water partition coefficient (Wildman–Crippen LogP) is 6.25. The highest BCUT2D eigenvalue weighted by atomic mass is 16.5. The smallest absolute Gasteiger partial charge is 0.295 e. The Morgan fingerprint density at radius 2 is 1.83 bits per heavy atom. The van der Waals surface area contributed by atoms with Crippen molar-refractivity contribution >= 4 is 17.4 Å². The predicted molar refractivity (Wildman–Crippen MR) is 157 cm³/mol. The summed E-state index contributed by atoms with van der Waals surface area (Å²) in [5.41, 5.74) is 3.22. The highest BCUT2D eigenvalue weighted by Crippen LogP contribution is 2.43. The Balaban J connectivity index is 1.54. The van der Waals surface area contributed by atoms with Gasteiger partial charge in [0.1, 0.15) is 17.6 Å². The monoisotopic (exact) mass is 555 g/mol. The van der Waals surface area contributed by atoms with E-state index in [1.165, 1.54) is 0 Å². The number of Topliss-reactive ketones (excluding diaryl/α,β-unsaturated/α-hetero) is 1. The van der Waals surface area contributed by atoms with Crippen molar-refractivity contribution in [3.63, 3.8) is 0 Å². The van der Waals surface area contributed by atoms with Crippen LogP contribution >= 0.6 is 0 Å². The maximum absolute atomic E-state index is 13.5. The molecule has 3 aromatic carbocycles. The van der Waals surface area contributed by atoms with E-state index in [1.807, 2.05) is 61.5 Å². The van der Waals surface area contributed by atoms with Crippen LogP contribution in [-0.2, 0) is 22.4 Å². The third-order valence-electron chi connectivity index (χ3n) is 7.70. The zero-order valence-electron chi connectivity index (χ0n) is 23.9. The number of fused-ring (bicyclic) bond motifs is 1. The summed E-state index contributed by atoms with van der Waals surface area (Å²) in [6.45, 7) is 5.01. The third-order valence-corrected chi connectivity index (χ3v) is 7.70. The first kappa shape index (κ1) is 28.3. The Bertz CT molecular complexity index is 1450. The van der Waals surface area contributed by atoms with Crippen molar-refractivity contribution in [3.05, 3.63) is 94.6 Å². The molecule has 41 heavy (non-hydrogen) atoms. The summed E-state index contributed by atoms with van der Waals surface area (Å²) in [6.07, 6.45) is 4.42. The summed E-state index contributed by atoms with van der Waals surface area (Å²) >= 11 is 0. The number of unbranched alkanes of at least 4 members (excludes halogenated alkanes) is 2. The lowest BCUT2D eigenvalue weighted by Gasteiger charge is -2.26. The van der Waals surface area contributed by atoms with Gasteiger partial charge in [0, 0.05) is 18.5 Å². The number of aliphatic hydroxyl groups excluding tert-OH is 1. The van der Waals surface area contributed by atoms with Crippen LogP contribution in [0.5, 0.6) is 17.2 Å². The Morgan fingerprint density at radius 1 is 1.02 bits per heavy atom. The fourth-order valence-electron chi connectivity index (χ4n) is 5.58. The average molecular weight is 556 g/mol. The molecule has 0 bridgehead atoms. The summed E-state index contributed by atoms with van der Waals surface area (Å²) in [7, 11) is 1.57. The topological polar surface area (TPSA) is 85.3 Å². The van der Waals surface area contributed by atoms with Crippen LogP contribution in [-0.4, -0.2) is 48.1 Å². The van der Waals surface area contributed by atoms with E-state index in [4.69, 9.17) is 14.2 Å². The number of likely N-dealkylation sites (tertiary alicyclic amines) is 1. The number of ether oxygens (including phenoxy) is 3. The zero-order chi connectivity index (χ0) is 28.9. The maximum atomic E-state index is 13.5. The van der Waals surface area contributed by atoms with Crippen molar-refractivity contribution in [2.45, 2.75) is 58.1 Å². The zero-order valence-corrected chi connectivity index (χ0v) is 23.9. The van der Waals surface area contributed by atoms with Crippen molar-refractivity contribution in [1.82, 2.24) is 4.90 Å².